The fraction of sp³-hybridized carbons (Fsp3) is 0.538. The smallest absolute Gasteiger partial charge is 0.308 e. The molecule has 0 radical (unpaired) electrons. The van der Waals surface area contributed by atoms with E-state index in [-0.39, 0.29) is 25.0 Å². The first-order chi connectivity index (χ1) is 8.52. The third-order valence-electron chi connectivity index (χ3n) is 2.38. The molecule has 5 nitrogen and oxygen atoms in total. The molecule has 0 aliphatic carbocycles. The number of carbonyl (C=O) groups is 1. The molecule has 0 saturated heterocycles. The third kappa shape index (κ3) is 4.71. The molecule has 0 spiro atoms. The minimum atomic E-state index is -0.288. The fourth-order valence-corrected chi connectivity index (χ4v) is 1.53. The topological polar surface area (TPSA) is 74.4 Å². The zero-order valence-electron chi connectivity index (χ0n) is 11.1. The van der Waals surface area contributed by atoms with Gasteiger partial charge in [0.2, 0.25) is 0 Å². The van der Waals surface area contributed by atoms with Gasteiger partial charge in [0.15, 0.2) is 0 Å². The van der Waals surface area contributed by atoms with E-state index < -0.39 is 0 Å². The van der Waals surface area contributed by atoms with Crippen molar-refractivity contribution in [1.82, 2.24) is 4.98 Å². The summed E-state index contributed by atoms with van der Waals surface area (Å²) in [6.07, 6.45) is 0.872. The molecule has 0 bridgehead atoms. The van der Waals surface area contributed by atoms with Crippen molar-refractivity contribution in [2.75, 3.05) is 13.7 Å². The van der Waals surface area contributed by atoms with E-state index in [0.29, 0.717) is 12.2 Å². The number of methoxy groups -OCH3 is 1. The summed E-state index contributed by atoms with van der Waals surface area (Å²) in [5.41, 5.74) is 7.52. The highest BCUT2D eigenvalue weighted by atomic mass is 16.5. The van der Waals surface area contributed by atoms with Crippen molar-refractivity contribution in [3.8, 4) is 5.75 Å². The molecule has 18 heavy (non-hydrogen) atoms. The van der Waals surface area contributed by atoms with Crippen molar-refractivity contribution in [1.29, 1.82) is 0 Å². The summed E-state index contributed by atoms with van der Waals surface area (Å²) in [5, 5.41) is 0. The highest BCUT2D eigenvalue weighted by Gasteiger charge is 2.09. The molecule has 1 aromatic heterocycles. The van der Waals surface area contributed by atoms with Gasteiger partial charge in [0.05, 0.1) is 25.8 Å². The van der Waals surface area contributed by atoms with Crippen LogP contribution in [0.15, 0.2) is 12.1 Å². The monoisotopic (exact) mass is 252 g/mol. The maximum absolute atomic E-state index is 11.0. The van der Waals surface area contributed by atoms with Crippen LogP contribution < -0.4 is 10.5 Å². The molecule has 0 aliphatic rings. The van der Waals surface area contributed by atoms with Crippen LogP contribution in [0.1, 0.15) is 24.7 Å². The van der Waals surface area contributed by atoms with Gasteiger partial charge in [-0.15, -0.1) is 0 Å². The van der Waals surface area contributed by atoms with Crippen LogP contribution in [0.5, 0.6) is 5.75 Å². The van der Waals surface area contributed by atoms with E-state index in [9.17, 15) is 4.79 Å². The molecule has 2 N–H and O–H groups in total. The highest BCUT2D eigenvalue weighted by Crippen LogP contribution is 2.18. The minimum Gasteiger partial charge on any atom is -0.491 e. The minimum absolute atomic E-state index is 0.0160. The molecule has 1 unspecified atom stereocenters. The molecular weight excluding hydrogens is 232 g/mol. The summed E-state index contributed by atoms with van der Waals surface area (Å²) in [6, 6.07) is 3.75. The summed E-state index contributed by atoms with van der Waals surface area (Å²) in [7, 11) is 1.36. The molecular formula is C13H20N2O3. The molecule has 5 heteroatoms. The Labute approximate surface area is 107 Å². The lowest BCUT2D eigenvalue weighted by atomic mass is 10.1. The van der Waals surface area contributed by atoms with Crippen LogP contribution in [0.4, 0.5) is 0 Å². The molecule has 1 rings (SSSR count). The van der Waals surface area contributed by atoms with Crippen molar-refractivity contribution in [2.45, 2.75) is 32.7 Å². The molecule has 0 aromatic carbocycles. The largest absolute Gasteiger partial charge is 0.491 e. The SMILES string of the molecule is COC(=O)CCOc1ccc(C)nc1CC(C)N. The number of carbonyl (C=O) groups excluding carboxylic acids is 1. The quantitative estimate of drug-likeness (QED) is 0.770. The zero-order valence-corrected chi connectivity index (χ0v) is 11.1. The molecule has 0 amide bonds. The van der Waals surface area contributed by atoms with Crippen molar-refractivity contribution in [2.24, 2.45) is 5.73 Å². The molecule has 1 aromatic rings. The van der Waals surface area contributed by atoms with Gasteiger partial charge in [-0.05, 0) is 26.0 Å². The first kappa shape index (κ1) is 14.4. The number of nitrogens with zero attached hydrogens (tertiary/aromatic N) is 1. The maximum atomic E-state index is 11.0. The van der Waals surface area contributed by atoms with Crippen LogP contribution in [0, 0.1) is 6.92 Å². The number of hydrogen-bond donors (Lipinski definition) is 1. The first-order valence-corrected chi connectivity index (χ1v) is 5.94. The number of rotatable bonds is 6. The van der Waals surface area contributed by atoms with Gasteiger partial charge in [0.1, 0.15) is 5.75 Å². The molecule has 1 atom stereocenters. The van der Waals surface area contributed by atoms with Crippen molar-refractivity contribution in [3.63, 3.8) is 0 Å². The van der Waals surface area contributed by atoms with Gasteiger partial charge < -0.3 is 15.2 Å². The standard InChI is InChI=1S/C13H20N2O3/c1-9(14)8-11-12(5-4-10(2)15-11)18-7-6-13(16)17-3/h4-5,9H,6-8,14H2,1-3H3. The van der Waals surface area contributed by atoms with Gasteiger partial charge in [-0.1, -0.05) is 0 Å². The van der Waals surface area contributed by atoms with Crippen LogP contribution in [-0.4, -0.2) is 30.7 Å². The summed E-state index contributed by atoms with van der Waals surface area (Å²) >= 11 is 0. The number of ether oxygens (including phenoxy) is 2. The second kappa shape index (κ2) is 6.96. The number of nitrogens with two attached hydrogens (primary N) is 1. The number of esters is 1. The molecule has 0 fully saturated rings. The maximum Gasteiger partial charge on any atom is 0.308 e. The Morgan fingerprint density at radius 2 is 2.22 bits per heavy atom. The lowest BCUT2D eigenvalue weighted by Gasteiger charge is -2.12. The Kier molecular flexibility index (Phi) is 5.58. The molecule has 100 valence electrons. The van der Waals surface area contributed by atoms with E-state index in [1.54, 1.807) is 0 Å². The predicted octanol–water partition coefficient (Wildman–Crippen LogP) is 1.22. The Morgan fingerprint density at radius 3 is 2.83 bits per heavy atom. The summed E-state index contributed by atoms with van der Waals surface area (Å²) in [4.78, 5) is 15.4. The van der Waals surface area contributed by atoms with Gasteiger partial charge in [-0.25, -0.2) is 0 Å². The zero-order chi connectivity index (χ0) is 13.5. The second-order valence-corrected chi connectivity index (χ2v) is 4.25. The summed E-state index contributed by atoms with van der Waals surface area (Å²) in [6.45, 7) is 4.12. The lowest BCUT2D eigenvalue weighted by Crippen LogP contribution is -2.19. The van der Waals surface area contributed by atoms with E-state index in [4.69, 9.17) is 10.5 Å². The van der Waals surface area contributed by atoms with Gasteiger partial charge in [0, 0.05) is 18.2 Å². The number of pyridine rings is 1. The number of hydrogen-bond acceptors (Lipinski definition) is 5. The van der Waals surface area contributed by atoms with Crippen LogP contribution >= 0.6 is 0 Å². The fourth-order valence-electron chi connectivity index (χ4n) is 1.53. The highest BCUT2D eigenvalue weighted by molar-refractivity contribution is 5.69. The van der Waals surface area contributed by atoms with Crippen LogP contribution in [0.2, 0.25) is 0 Å². The normalized spacial score (nSPS) is 12.0. The van der Waals surface area contributed by atoms with E-state index in [2.05, 4.69) is 9.72 Å². The van der Waals surface area contributed by atoms with Crippen molar-refractivity contribution < 1.29 is 14.3 Å². The second-order valence-electron chi connectivity index (χ2n) is 4.25. The third-order valence-corrected chi connectivity index (χ3v) is 2.38. The van der Waals surface area contributed by atoms with Crippen LogP contribution in [-0.2, 0) is 16.0 Å². The summed E-state index contributed by atoms with van der Waals surface area (Å²) in [5.74, 6) is 0.394. The molecule has 0 saturated carbocycles. The predicted molar refractivity (Wildman–Crippen MR) is 68.5 cm³/mol. The van der Waals surface area contributed by atoms with Gasteiger partial charge in [0.25, 0.3) is 0 Å². The van der Waals surface area contributed by atoms with E-state index in [1.807, 2.05) is 26.0 Å². The Bertz CT molecular complexity index is 405. The Morgan fingerprint density at radius 1 is 1.50 bits per heavy atom. The van der Waals surface area contributed by atoms with E-state index in [0.717, 1.165) is 11.4 Å². The summed E-state index contributed by atoms with van der Waals surface area (Å²) < 4.78 is 10.1. The van der Waals surface area contributed by atoms with Crippen LogP contribution in [0.25, 0.3) is 0 Å². The van der Waals surface area contributed by atoms with Gasteiger partial charge in [-0.3, -0.25) is 9.78 Å². The van der Waals surface area contributed by atoms with E-state index >= 15 is 0 Å². The lowest BCUT2D eigenvalue weighted by molar-refractivity contribution is -0.141. The Hall–Kier alpha value is -1.62. The number of aryl methyl sites for hydroxylation is 1. The average Bonchev–Trinajstić information content (AvgIpc) is 2.31. The van der Waals surface area contributed by atoms with Gasteiger partial charge in [-0.2, -0.15) is 0 Å². The van der Waals surface area contributed by atoms with Crippen molar-refractivity contribution >= 4 is 5.97 Å². The van der Waals surface area contributed by atoms with Crippen LogP contribution in [0.3, 0.4) is 0 Å². The van der Waals surface area contributed by atoms with Crippen molar-refractivity contribution in [3.05, 3.63) is 23.5 Å². The molecule has 0 aliphatic heterocycles. The van der Waals surface area contributed by atoms with Gasteiger partial charge >= 0.3 is 5.97 Å². The molecule has 1 heterocycles. The van der Waals surface area contributed by atoms with E-state index in [1.165, 1.54) is 7.11 Å². The first-order valence-electron chi connectivity index (χ1n) is 5.94. The Balaban J connectivity index is 2.66. The average molecular weight is 252 g/mol. The number of aromatic nitrogens is 1.